The van der Waals surface area contributed by atoms with Crippen molar-refractivity contribution < 1.29 is 9.13 Å². The first-order valence-electron chi connectivity index (χ1n) is 4.70. The summed E-state index contributed by atoms with van der Waals surface area (Å²) in [6.07, 6.45) is 3.37. The molecule has 0 fully saturated rings. The van der Waals surface area contributed by atoms with E-state index in [0.29, 0.717) is 16.0 Å². The number of pyridine rings is 1. The summed E-state index contributed by atoms with van der Waals surface area (Å²) in [5.41, 5.74) is 0.929. The maximum absolute atomic E-state index is 12.9. The Morgan fingerprint density at radius 2 is 2.06 bits per heavy atom. The Labute approximate surface area is 101 Å². The molecule has 0 unspecified atom stereocenters. The topological polar surface area (TPSA) is 22.1 Å². The Balaban J connectivity index is 2.31. The Hall–Kier alpha value is -1.42. The van der Waals surface area contributed by atoms with Gasteiger partial charge in [0.25, 0.3) is 0 Å². The average Bonchev–Trinajstić information content (AvgIpc) is 2.25. The average molecular weight is 282 g/mol. The van der Waals surface area contributed by atoms with Crippen molar-refractivity contribution >= 4 is 15.9 Å². The Morgan fingerprint density at radius 3 is 2.75 bits per heavy atom. The fraction of sp³-hybridized carbons (Fsp3) is 0.0833. The maximum atomic E-state index is 12.9. The summed E-state index contributed by atoms with van der Waals surface area (Å²) < 4.78 is 19.1. The lowest BCUT2D eigenvalue weighted by Gasteiger charge is -2.09. The van der Waals surface area contributed by atoms with Crippen LogP contribution in [0.1, 0.15) is 5.56 Å². The van der Waals surface area contributed by atoms with E-state index in [9.17, 15) is 4.39 Å². The monoisotopic (exact) mass is 281 g/mol. The minimum absolute atomic E-state index is 0.300. The highest BCUT2D eigenvalue weighted by Crippen LogP contribution is 2.31. The SMILES string of the molecule is Cc1cnccc1Oc1ccc(F)cc1Br. The summed E-state index contributed by atoms with van der Waals surface area (Å²) in [7, 11) is 0. The molecule has 0 saturated heterocycles. The predicted octanol–water partition coefficient (Wildman–Crippen LogP) is 4.08. The van der Waals surface area contributed by atoms with E-state index in [4.69, 9.17) is 4.74 Å². The molecule has 0 radical (unpaired) electrons. The van der Waals surface area contributed by atoms with E-state index in [0.717, 1.165) is 5.56 Å². The van der Waals surface area contributed by atoms with Gasteiger partial charge in [-0.05, 0) is 47.1 Å². The molecular weight excluding hydrogens is 273 g/mol. The minimum Gasteiger partial charge on any atom is -0.456 e. The third-order valence-corrected chi connectivity index (χ3v) is 2.70. The van der Waals surface area contributed by atoms with Gasteiger partial charge >= 0.3 is 0 Å². The van der Waals surface area contributed by atoms with Gasteiger partial charge in [0.1, 0.15) is 17.3 Å². The highest BCUT2D eigenvalue weighted by atomic mass is 79.9. The van der Waals surface area contributed by atoms with Gasteiger partial charge in [-0.3, -0.25) is 4.98 Å². The first-order valence-corrected chi connectivity index (χ1v) is 5.49. The number of rotatable bonds is 2. The van der Waals surface area contributed by atoms with Crippen LogP contribution in [0.2, 0.25) is 0 Å². The Bertz CT molecular complexity index is 516. The highest BCUT2D eigenvalue weighted by molar-refractivity contribution is 9.10. The van der Waals surface area contributed by atoms with Crippen molar-refractivity contribution in [1.82, 2.24) is 4.98 Å². The fourth-order valence-electron chi connectivity index (χ4n) is 1.25. The highest BCUT2D eigenvalue weighted by Gasteiger charge is 2.05. The number of nitrogens with zero attached hydrogens (tertiary/aromatic N) is 1. The van der Waals surface area contributed by atoms with E-state index in [1.54, 1.807) is 24.5 Å². The van der Waals surface area contributed by atoms with Crippen LogP contribution in [-0.2, 0) is 0 Å². The lowest BCUT2D eigenvalue weighted by Crippen LogP contribution is -1.89. The third-order valence-electron chi connectivity index (χ3n) is 2.08. The zero-order valence-electron chi connectivity index (χ0n) is 8.58. The van der Waals surface area contributed by atoms with Crippen molar-refractivity contribution in [2.75, 3.05) is 0 Å². The summed E-state index contributed by atoms with van der Waals surface area (Å²) in [6, 6.07) is 6.08. The summed E-state index contributed by atoms with van der Waals surface area (Å²) in [4.78, 5) is 3.97. The second-order valence-electron chi connectivity index (χ2n) is 3.32. The van der Waals surface area contributed by atoms with Crippen molar-refractivity contribution in [2.45, 2.75) is 6.92 Å². The van der Waals surface area contributed by atoms with E-state index in [1.807, 2.05) is 6.92 Å². The molecule has 2 aromatic rings. The van der Waals surface area contributed by atoms with Gasteiger partial charge in [0, 0.05) is 18.0 Å². The molecule has 0 amide bonds. The van der Waals surface area contributed by atoms with Crippen LogP contribution < -0.4 is 4.74 Å². The van der Waals surface area contributed by atoms with Gasteiger partial charge in [-0.2, -0.15) is 0 Å². The molecule has 0 aliphatic carbocycles. The molecule has 1 aromatic heterocycles. The van der Waals surface area contributed by atoms with E-state index in [1.165, 1.54) is 12.1 Å². The molecule has 2 rings (SSSR count). The van der Waals surface area contributed by atoms with Crippen molar-refractivity contribution in [3.8, 4) is 11.5 Å². The first-order chi connectivity index (χ1) is 7.66. The van der Waals surface area contributed by atoms with Crippen LogP contribution in [0.4, 0.5) is 4.39 Å². The van der Waals surface area contributed by atoms with Crippen LogP contribution in [0.25, 0.3) is 0 Å². The molecule has 16 heavy (non-hydrogen) atoms. The van der Waals surface area contributed by atoms with Crippen molar-refractivity contribution in [1.29, 1.82) is 0 Å². The summed E-state index contributed by atoms with van der Waals surface area (Å²) in [5.74, 6) is 0.990. The molecule has 0 aliphatic rings. The van der Waals surface area contributed by atoms with Crippen LogP contribution >= 0.6 is 15.9 Å². The van der Waals surface area contributed by atoms with Crippen molar-refractivity contribution in [3.63, 3.8) is 0 Å². The maximum Gasteiger partial charge on any atom is 0.141 e. The minimum atomic E-state index is -0.300. The van der Waals surface area contributed by atoms with Crippen LogP contribution in [0.15, 0.2) is 41.1 Å². The molecule has 0 atom stereocenters. The fourth-order valence-corrected chi connectivity index (χ4v) is 1.68. The number of hydrogen-bond donors (Lipinski definition) is 0. The molecule has 0 bridgehead atoms. The predicted molar refractivity (Wildman–Crippen MR) is 63.1 cm³/mol. The molecular formula is C12H9BrFNO. The molecule has 82 valence electrons. The normalized spacial score (nSPS) is 10.2. The molecule has 4 heteroatoms. The van der Waals surface area contributed by atoms with E-state index < -0.39 is 0 Å². The lowest BCUT2D eigenvalue weighted by atomic mass is 10.3. The second kappa shape index (κ2) is 4.61. The number of aromatic nitrogens is 1. The van der Waals surface area contributed by atoms with Gasteiger partial charge in [0.05, 0.1) is 4.47 Å². The molecule has 1 aromatic carbocycles. The summed E-state index contributed by atoms with van der Waals surface area (Å²) >= 11 is 3.25. The second-order valence-corrected chi connectivity index (χ2v) is 4.17. The summed E-state index contributed by atoms with van der Waals surface area (Å²) in [6.45, 7) is 1.90. The van der Waals surface area contributed by atoms with Gasteiger partial charge in [-0.1, -0.05) is 0 Å². The van der Waals surface area contributed by atoms with Crippen LogP contribution in [0, 0.1) is 12.7 Å². The van der Waals surface area contributed by atoms with Crippen molar-refractivity contribution in [2.24, 2.45) is 0 Å². The third kappa shape index (κ3) is 2.39. The number of hydrogen-bond acceptors (Lipinski definition) is 2. The van der Waals surface area contributed by atoms with Gasteiger partial charge in [-0.15, -0.1) is 0 Å². The molecule has 1 heterocycles. The first kappa shape index (κ1) is 11.1. The molecule has 2 nitrogen and oxygen atoms in total. The van der Waals surface area contributed by atoms with Gasteiger partial charge in [0.15, 0.2) is 0 Å². The number of halogens is 2. The van der Waals surface area contributed by atoms with E-state index >= 15 is 0 Å². The molecule has 0 aliphatic heterocycles. The van der Waals surface area contributed by atoms with Crippen LogP contribution in [-0.4, -0.2) is 4.98 Å². The van der Waals surface area contributed by atoms with Crippen LogP contribution in [0.5, 0.6) is 11.5 Å². The van der Waals surface area contributed by atoms with Gasteiger partial charge in [-0.25, -0.2) is 4.39 Å². The number of ether oxygens (including phenoxy) is 1. The van der Waals surface area contributed by atoms with Gasteiger partial charge < -0.3 is 4.74 Å². The number of aryl methyl sites for hydroxylation is 1. The van der Waals surface area contributed by atoms with E-state index in [-0.39, 0.29) is 5.82 Å². The molecule has 0 N–H and O–H groups in total. The van der Waals surface area contributed by atoms with Crippen LogP contribution in [0.3, 0.4) is 0 Å². The zero-order valence-corrected chi connectivity index (χ0v) is 10.2. The standard InChI is InChI=1S/C12H9BrFNO/c1-8-7-15-5-4-11(8)16-12-3-2-9(14)6-10(12)13/h2-7H,1H3. The zero-order chi connectivity index (χ0) is 11.5. The Morgan fingerprint density at radius 1 is 1.25 bits per heavy atom. The largest absolute Gasteiger partial charge is 0.456 e. The van der Waals surface area contributed by atoms with Crippen molar-refractivity contribution in [3.05, 3.63) is 52.5 Å². The molecule has 0 spiro atoms. The number of benzene rings is 1. The Kier molecular flexibility index (Phi) is 3.19. The van der Waals surface area contributed by atoms with E-state index in [2.05, 4.69) is 20.9 Å². The lowest BCUT2D eigenvalue weighted by molar-refractivity contribution is 0.473. The molecule has 0 saturated carbocycles. The summed E-state index contributed by atoms with van der Waals surface area (Å²) in [5, 5.41) is 0. The quantitative estimate of drug-likeness (QED) is 0.827. The van der Waals surface area contributed by atoms with Gasteiger partial charge in [0.2, 0.25) is 0 Å². The smallest absolute Gasteiger partial charge is 0.141 e.